The maximum absolute atomic E-state index is 13.2. The van der Waals surface area contributed by atoms with Crippen LogP contribution in [0.3, 0.4) is 0 Å². The van der Waals surface area contributed by atoms with Crippen LogP contribution in [0, 0.1) is 0 Å². The van der Waals surface area contributed by atoms with Crippen molar-refractivity contribution in [3.63, 3.8) is 0 Å². The Bertz CT molecular complexity index is 833. The first-order valence-corrected chi connectivity index (χ1v) is 9.41. The van der Waals surface area contributed by atoms with E-state index in [-0.39, 0.29) is 17.8 Å². The van der Waals surface area contributed by atoms with Crippen LogP contribution in [0.2, 0.25) is 0 Å². The fourth-order valence-electron chi connectivity index (χ4n) is 3.74. The number of phenols is 1. The first kappa shape index (κ1) is 17.7. The standard InChI is InChI=1S/C21H24N2O4/c1-2-26-14-9-10-19(24)17(12-14)20-22-18-8-4-3-7-16(18)21(25)23(20)13-15-6-5-11-27-15/h3-4,7-10,12,15,20,22,24H,2,5-6,11,13H2,1H3/t15-,20-/m1/s1. The number of benzene rings is 2. The largest absolute Gasteiger partial charge is 0.508 e. The van der Waals surface area contributed by atoms with Crippen molar-refractivity contribution in [1.82, 2.24) is 4.90 Å². The summed E-state index contributed by atoms with van der Waals surface area (Å²) in [5.74, 6) is 0.724. The Morgan fingerprint density at radius 3 is 2.93 bits per heavy atom. The highest BCUT2D eigenvalue weighted by Gasteiger charge is 2.36. The van der Waals surface area contributed by atoms with E-state index in [1.807, 2.05) is 31.2 Å². The van der Waals surface area contributed by atoms with Gasteiger partial charge in [0, 0.05) is 24.4 Å². The van der Waals surface area contributed by atoms with E-state index in [1.54, 1.807) is 23.1 Å². The molecule has 0 aromatic heterocycles. The topological polar surface area (TPSA) is 71.0 Å². The number of anilines is 1. The van der Waals surface area contributed by atoms with Crippen LogP contribution in [0.1, 0.15) is 41.9 Å². The summed E-state index contributed by atoms with van der Waals surface area (Å²) < 4.78 is 11.4. The van der Waals surface area contributed by atoms with E-state index in [1.165, 1.54) is 0 Å². The molecule has 0 unspecified atom stereocenters. The van der Waals surface area contributed by atoms with Crippen molar-refractivity contribution >= 4 is 11.6 Å². The van der Waals surface area contributed by atoms with Gasteiger partial charge in [-0.05, 0) is 50.1 Å². The molecule has 0 radical (unpaired) electrons. The fraction of sp³-hybridized carbons (Fsp3) is 0.381. The molecule has 2 heterocycles. The van der Waals surface area contributed by atoms with Crippen molar-refractivity contribution in [2.24, 2.45) is 0 Å². The third-order valence-corrected chi connectivity index (χ3v) is 5.05. The molecule has 142 valence electrons. The van der Waals surface area contributed by atoms with Crippen LogP contribution in [-0.2, 0) is 4.74 Å². The molecule has 0 aliphatic carbocycles. The normalized spacial score (nSPS) is 21.7. The average molecular weight is 368 g/mol. The monoisotopic (exact) mass is 368 g/mol. The number of nitrogens with zero attached hydrogens (tertiary/aromatic N) is 1. The lowest BCUT2D eigenvalue weighted by molar-refractivity contribution is 0.0424. The smallest absolute Gasteiger partial charge is 0.257 e. The number of rotatable bonds is 5. The lowest BCUT2D eigenvalue weighted by Crippen LogP contribution is -2.46. The Balaban J connectivity index is 1.73. The molecule has 0 saturated carbocycles. The lowest BCUT2D eigenvalue weighted by atomic mass is 10.0. The van der Waals surface area contributed by atoms with Crippen molar-refractivity contribution in [3.05, 3.63) is 53.6 Å². The Kier molecular flexibility index (Phi) is 4.90. The van der Waals surface area contributed by atoms with Crippen molar-refractivity contribution in [1.29, 1.82) is 0 Å². The van der Waals surface area contributed by atoms with Gasteiger partial charge >= 0.3 is 0 Å². The van der Waals surface area contributed by atoms with Gasteiger partial charge in [0.15, 0.2) is 0 Å². The third-order valence-electron chi connectivity index (χ3n) is 5.05. The molecule has 1 amide bonds. The molecule has 0 bridgehead atoms. The van der Waals surface area contributed by atoms with Crippen molar-refractivity contribution in [3.8, 4) is 11.5 Å². The predicted molar refractivity (Wildman–Crippen MR) is 102 cm³/mol. The summed E-state index contributed by atoms with van der Waals surface area (Å²) in [5.41, 5.74) is 2.01. The minimum atomic E-state index is -0.489. The Morgan fingerprint density at radius 2 is 2.15 bits per heavy atom. The van der Waals surface area contributed by atoms with E-state index in [2.05, 4.69) is 5.32 Å². The molecule has 2 N–H and O–H groups in total. The molecule has 6 heteroatoms. The quantitative estimate of drug-likeness (QED) is 0.845. The molecule has 1 fully saturated rings. The fourth-order valence-corrected chi connectivity index (χ4v) is 3.74. The van der Waals surface area contributed by atoms with E-state index < -0.39 is 6.17 Å². The van der Waals surface area contributed by atoms with E-state index in [0.29, 0.717) is 30.0 Å². The number of hydrogen-bond acceptors (Lipinski definition) is 5. The number of ether oxygens (including phenoxy) is 2. The van der Waals surface area contributed by atoms with Gasteiger partial charge in [0.2, 0.25) is 0 Å². The van der Waals surface area contributed by atoms with Gasteiger partial charge < -0.3 is 24.8 Å². The second kappa shape index (κ2) is 7.48. The van der Waals surface area contributed by atoms with Gasteiger partial charge in [0.05, 0.1) is 18.3 Å². The SMILES string of the molecule is CCOc1ccc(O)c([C@@H]2Nc3ccccc3C(=O)N2C[C@H]2CCCO2)c1. The molecular weight excluding hydrogens is 344 g/mol. The van der Waals surface area contributed by atoms with Crippen LogP contribution in [0.15, 0.2) is 42.5 Å². The Morgan fingerprint density at radius 1 is 1.30 bits per heavy atom. The maximum atomic E-state index is 13.2. The zero-order valence-electron chi connectivity index (χ0n) is 15.4. The molecule has 0 spiro atoms. The first-order valence-electron chi connectivity index (χ1n) is 9.41. The summed E-state index contributed by atoms with van der Waals surface area (Å²) >= 11 is 0. The molecule has 6 nitrogen and oxygen atoms in total. The molecule has 1 saturated heterocycles. The van der Waals surface area contributed by atoms with Gasteiger partial charge in [-0.1, -0.05) is 12.1 Å². The van der Waals surface area contributed by atoms with Gasteiger partial charge in [-0.25, -0.2) is 0 Å². The molecule has 2 aromatic rings. The lowest BCUT2D eigenvalue weighted by Gasteiger charge is -2.39. The van der Waals surface area contributed by atoms with Gasteiger partial charge in [0.25, 0.3) is 5.91 Å². The Hall–Kier alpha value is -2.73. The van der Waals surface area contributed by atoms with Crippen LogP contribution < -0.4 is 10.1 Å². The Labute approximate surface area is 158 Å². The number of phenolic OH excluding ortho intramolecular Hbond substituents is 1. The van der Waals surface area contributed by atoms with E-state index >= 15 is 0 Å². The summed E-state index contributed by atoms with van der Waals surface area (Å²) in [7, 11) is 0. The second-order valence-electron chi connectivity index (χ2n) is 6.84. The van der Waals surface area contributed by atoms with Crippen molar-refractivity contribution < 1.29 is 19.4 Å². The van der Waals surface area contributed by atoms with Crippen LogP contribution in [0.4, 0.5) is 5.69 Å². The number of carbonyl (C=O) groups is 1. The highest BCUT2D eigenvalue weighted by atomic mass is 16.5. The van der Waals surface area contributed by atoms with E-state index in [4.69, 9.17) is 9.47 Å². The molecular formula is C21H24N2O4. The predicted octanol–water partition coefficient (Wildman–Crippen LogP) is 3.54. The van der Waals surface area contributed by atoms with Crippen molar-refractivity contribution in [2.45, 2.75) is 32.0 Å². The van der Waals surface area contributed by atoms with E-state index in [9.17, 15) is 9.90 Å². The zero-order valence-corrected chi connectivity index (χ0v) is 15.4. The number of para-hydroxylation sites is 1. The molecule has 4 rings (SSSR count). The highest BCUT2D eigenvalue weighted by Crippen LogP contribution is 2.38. The number of aromatic hydroxyl groups is 1. The molecule has 2 aliphatic heterocycles. The van der Waals surface area contributed by atoms with Crippen LogP contribution >= 0.6 is 0 Å². The first-order chi connectivity index (χ1) is 13.2. The van der Waals surface area contributed by atoms with Crippen LogP contribution in [-0.4, -0.2) is 41.8 Å². The maximum Gasteiger partial charge on any atom is 0.257 e. The minimum Gasteiger partial charge on any atom is -0.508 e. The summed E-state index contributed by atoms with van der Waals surface area (Å²) in [6.07, 6.45) is 1.47. The van der Waals surface area contributed by atoms with E-state index in [0.717, 1.165) is 25.1 Å². The highest BCUT2D eigenvalue weighted by molar-refractivity contribution is 6.01. The number of fused-ring (bicyclic) bond motifs is 1. The summed E-state index contributed by atoms with van der Waals surface area (Å²) in [4.78, 5) is 15.0. The molecule has 27 heavy (non-hydrogen) atoms. The number of nitrogens with one attached hydrogen (secondary N) is 1. The van der Waals surface area contributed by atoms with Crippen LogP contribution in [0.5, 0.6) is 11.5 Å². The molecule has 2 atom stereocenters. The van der Waals surface area contributed by atoms with Gasteiger partial charge in [-0.3, -0.25) is 4.79 Å². The summed E-state index contributed by atoms with van der Waals surface area (Å²) in [6, 6.07) is 12.6. The van der Waals surface area contributed by atoms with Crippen LogP contribution in [0.25, 0.3) is 0 Å². The minimum absolute atomic E-state index is 0.0146. The summed E-state index contributed by atoms with van der Waals surface area (Å²) in [5, 5.41) is 13.9. The van der Waals surface area contributed by atoms with Gasteiger partial charge in [0.1, 0.15) is 17.7 Å². The van der Waals surface area contributed by atoms with Crippen molar-refractivity contribution in [2.75, 3.05) is 25.1 Å². The third kappa shape index (κ3) is 3.45. The van der Waals surface area contributed by atoms with Gasteiger partial charge in [-0.15, -0.1) is 0 Å². The second-order valence-corrected chi connectivity index (χ2v) is 6.84. The number of carbonyl (C=O) groups excluding carboxylic acids is 1. The van der Waals surface area contributed by atoms with Gasteiger partial charge in [-0.2, -0.15) is 0 Å². The summed E-state index contributed by atoms with van der Waals surface area (Å²) in [6.45, 7) is 3.65. The average Bonchev–Trinajstić information content (AvgIpc) is 3.19. The molecule has 2 aromatic carbocycles. The zero-order chi connectivity index (χ0) is 18.8. The molecule has 2 aliphatic rings. The number of amides is 1. The number of hydrogen-bond donors (Lipinski definition) is 2.